The number of fused-ring (bicyclic) bond motifs is 2. The largest absolute Gasteiger partial charge is 0.310 e. The molecule has 1 aliphatic heterocycles. The predicted molar refractivity (Wildman–Crippen MR) is 270 cm³/mol. The van der Waals surface area contributed by atoms with Gasteiger partial charge < -0.3 is 14.7 Å². The van der Waals surface area contributed by atoms with Crippen molar-refractivity contribution in [2.75, 3.05) is 14.7 Å². The number of rotatable bonds is 10. The number of aryl methyl sites for hydroxylation is 1. The van der Waals surface area contributed by atoms with Gasteiger partial charge in [0, 0.05) is 39.7 Å². The molecule has 1 aliphatic rings. The second-order valence-corrected chi connectivity index (χ2v) is 16.4. The number of hydrogen-bond donors (Lipinski definition) is 0. The van der Waals surface area contributed by atoms with E-state index in [1.807, 2.05) is 6.07 Å². The summed E-state index contributed by atoms with van der Waals surface area (Å²) in [5, 5.41) is 0. The number of nitrogens with zero attached hydrogens (tertiary/aromatic N) is 4. The van der Waals surface area contributed by atoms with E-state index in [2.05, 4.69) is 276 Å². The summed E-state index contributed by atoms with van der Waals surface area (Å²) in [6.45, 7) is 2.14. The molecule has 0 saturated heterocycles. The molecular formula is C61H46N4. The van der Waals surface area contributed by atoms with Gasteiger partial charge in [-0.15, -0.1) is 0 Å². The summed E-state index contributed by atoms with van der Waals surface area (Å²) >= 11 is 0. The minimum absolute atomic E-state index is 0.779. The summed E-state index contributed by atoms with van der Waals surface area (Å²) in [5.74, 6) is 0. The molecule has 1 aromatic heterocycles. The van der Waals surface area contributed by atoms with E-state index in [0.717, 1.165) is 79.3 Å². The third-order valence-electron chi connectivity index (χ3n) is 12.6. The van der Waals surface area contributed by atoms with Crippen LogP contribution >= 0.6 is 0 Å². The van der Waals surface area contributed by atoms with Gasteiger partial charge >= 0.3 is 0 Å². The highest BCUT2D eigenvalue weighted by atomic mass is 15.2. The van der Waals surface area contributed by atoms with Gasteiger partial charge in [-0.3, -0.25) is 4.98 Å². The first-order valence-electron chi connectivity index (χ1n) is 22.2. The zero-order chi connectivity index (χ0) is 43.6. The zero-order valence-corrected chi connectivity index (χ0v) is 36.1. The lowest BCUT2D eigenvalue weighted by Gasteiger charge is -2.47. The molecule has 4 nitrogen and oxygen atoms in total. The van der Waals surface area contributed by atoms with Crippen LogP contribution in [0.1, 0.15) is 27.9 Å². The van der Waals surface area contributed by atoms with Crippen LogP contribution in [0.4, 0.5) is 51.2 Å². The highest BCUT2D eigenvalue weighted by Crippen LogP contribution is 2.60. The smallest absolute Gasteiger partial charge is 0.0743 e. The highest BCUT2D eigenvalue weighted by molar-refractivity contribution is 5.94. The quantitative estimate of drug-likeness (QED) is 0.137. The number of para-hydroxylation sites is 4. The minimum Gasteiger partial charge on any atom is -0.310 e. The van der Waals surface area contributed by atoms with E-state index in [4.69, 9.17) is 4.98 Å². The van der Waals surface area contributed by atoms with Crippen LogP contribution in [-0.4, -0.2) is 4.98 Å². The summed E-state index contributed by atoms with van der Waals surface area (Å²) in [4.78, 5) is 12.5. The fourth-order valence-corrected chi connectivity index (χ4v) is 9.78. The van der Waals surface area contributed by atoms with Gasteiger partial charge in [0.1, 0.15) is 0 Å². The van der Waals surface area contributed by atoms with Crippen molar-refractivity contribution in [3.8, 4) is 11.3 Å². The number of hydrogen-bond acceptors (Lipinski definition) is 4. The lowest BCUT2D eigenvalue weighted by molar-refractivity contribution is 0.730. The van der Waals surface area contributed by atoms with Crippen LogP contribution in [0.3, 0.4) is 0 Å². The molecule has 10 aromatic rings. The normalized spacial score (nSPS) is 12.5. The molecule has 0 spiro atoms. The van der Waals surface area contributed by atoms with Crippen LogP contribution in [0.5, 0.6) is 0 Å². The molecule has 65 heavy (non-hydrogen) atoms. The number of anilines is 9. The number of aromatic nitrogens is 1. The van der Waals surface area contributed by atoms with Gasteiger partial charge in [-0.2, -0.15) is 0 Å². The molecular weight excluding hydrogens is 789 g/mol. The Morgan fingerprint density at radius 2 is 0.677 bits per heavy atom. The maximum Gasteiger partial charge on any atom is 0.0743 e. The molecule has 0 bridgehead atoms. The SMILES string of the molecule is Cc1nc(-c2ccccc2)ccc1N1c2ccc(N(c3ccccc3)c3ccccc3)cc2C(c2ccccc2)(c2ccccc2)c2cc(N(c3ccccc3)c3ccccc3)ccc21. The Kier molecular flexibility index (Phi) is 10.3. The van der Waals surface area contributed by atoms with E-state index in [1.165, 1.54) is 11.1 Å². The average molecular weight is 835 g/mol. The molecule has 0 unspecified atom stereocenters. The predicted octanol–water partition coefficient (Wildman–Crippen LogP) is 16.2. The fraction of sp³-hybridized carbons (Fsp3) is 0.0328. The Hall–Kier alpha value is -8.47. The van der Waals surface area contributed by atoms with Gasteiger partial charge in [0.2, 0.25) is 0 Å². The monoisotopic (exact) mass is 834 g/mol. The Bertz CT molecular complexity index is 2940. The van der Waals surface area contributed by atoms with Crippen LogP contribution in [0.25, 0.3) is 11.3 Å². The summed E-state index contributed by atoms with van der Waals surface area (Å²) in [6.07, 6.45) is 0. The Morgan fingerprint density at radius 3 is 1.05 bits per heavy atom. The summed E-state index contributed by atoms with van der Waals surface area (Å²) in [7, 11) is 0. The molecule has 0 radical (unpaired) electrons. The van der Waals surface area contributed by atoms with Crippen molar-refractivity contribution < 1.29 is 0 Å². The third kappa shape index (κ3) is 7.02. The second kappa shape index (κ2) is 17.0. The molecule has 4 heteroatoms. The number of pyridine rings is 1. The molecule has 310 valence electrons. The van der Waals surface area contributed by atoms with Gasteiger partial charge in [0.15, 0.2) is 0 Å². The third-order valence-corrected chi connectivity index (χ3v) is 12.6. The van der Waals surface area contributed by atoms with Crippen molar-refractivity contribution in [1.82, 2.24) is 4.98 Å². The van der Waals surface area contributed by atoms with Crippen LogP contribution in [0.15, 0.2) is 261 Å². The van der Waals surface area contributed by atoms with Crippen LogP contribution < -0.4 is 14.7 Å². The van der Waals surface area contributed by atoms with E-state index in [-0.39, 0.29) is 0 Å². The minimum atomic E-state index is -0.779. The van der Waals surface area contributed by atoms with Crippen molar-refractivity contribution in [2.45, 2.75) is 12.3 Å². The highest BCUT2D eigenvalue weighted by Gasteiger charge is 2.47. The molecule has 0 atom stereocenters. The van der Waals surface area contributed by atoms with Crippen molar-refractivity contribution in [3.63, 3.8) is 0 Å². The molecule has 0 saturated carbocycles. The second-order valence-electron chi connectivity index (χ2n) is 16.4. The van der Waals surface area contributed by atoms with Gasteiger partial charge in [0.05, 0.1) is 33.9 Å². The topological polar surface area (TPSA) is 22.6 Å². The lowest BCUT2D eigenvalue weighted by Crippen LogP contribution is -2.38. The molecule has 0 fully saturated rings. The van der Waals surface area contributed by atoms with Crippen molar-refractivity contribution >= 4 is 51.2 Å². The fourth-order valence-electron chi connectivity index (χ4n) is 9.78. The van der Waals surface area contributed by atoms with Crippen LogP contribution in [0, 0.1) is 6.92 Å². The van der Waals surface area contributed by atoms with E-state index in [0.29, 0.717) is 0 Å². The summed E-state index contributed by atoms with van der Waals surface area (Å²) in [6, 6.07) is 93.8. The summed E-state index contributed by atoms with van der Waals surface area (Å²) < 4.78 is 0. The van der Waals surface area contributed by atoms with E-state index < -0.39 is 5.41 Å². The lowest BCUT2D eigenvalue weighted by atomic mass is 9.62. The molecule has 2 heterocycles. The molecule has 11 rings (SSSR count). The van der Waals surface area contributed by atoms with E-state index in [1.54, 1.807) is 0 Å². The van der Waals surface area contributed by atoms with Crippen molar-refractivity contribution in [3.05, 3.63) is 289 Å². The first kappa shape index (κ1) is 39.4. The number of benzene rings is 9. The van der Waals surface area contributed by atoms with Crippen molar-refractivity contribution in [1.29, 1.82) is 0 Å². The first-order valence-corrected chi connectivity index (χ1v) is 22.2. The van der Waals surface area contributed by atoms with E-state index >= 15 is 0 Å². The maximum absolute atomic E-state index is 5.31. The molecule has 0 aliphatic carbocycles. The van der Waals surface area contributed by atoms with Crippen molar-refractivity contribution in [2.24, 2.45) is 0 Å². The molecule has 9 aromatic carbocycles. The van der Waals surface area contributed by atoms with E-state index in [9.17, 15) is 0 Å². The maximum atomic E-state index is 5.31. The molecule has 0 amide bonds. The first-order chi connectivity index (χ1) is 32.2. The Labute approximate surface area is 381 Å². The molecule has 0 N–H and O–H groups in total. The van der Waals surface area contributed by atoms with Gasteiger partial charge in [0.25, 0.3) is 0 Å². The van der Waals surface area contributed by atoms with Crippen LogP contribution in [-0.2, 0) is 5.41 Å². The van der Waals surface area contributed by atoms with Gasteiger partial charge in [-0.05, 0) is 126 Å². The standard InChI is InChI=1S/C61H46N4/c1-45-58(42-39-57(62-45)46-23-9-2-10-24-46)65-59-40-37-53(63(49-29-15-5-16-30-49)50-31-17-6-18-32-50)43-55(59)61(47-25-11-3-12-26-47,48-27-13-4-14-28-48)56-44-54(38-41-60(56)65)64(51-33-19-7-20-34-51)52-35-21-8-22-36-52/h2-44H,1H3. The van der Waals surface area contributed by atoms with Gasteiger partial charge in [-0.25, -0.2) is 0 Å². The average Bonchev–Trinajstić information content (AvgIpc) is 3.38. The summed E-state index contributed by atoms with van der Waals surface area (Å²) in [5.41, 5.74) is 16.5. The Balaban J connectivity index is 1.25. The Morgan fingerprint density at radius 1 is 0.338 bits per heavy atom. The van der Waals surface area contributed by atoms with Crippen LogP contribution in [0.2, 0.25) is 0 Å². The zero-order valence-electron chi connectivity index (χ0n) is 36.1. The van der Waals surface area contributed by atoms with Gasteiger partial charge in [-0.1, -0.05) is 164 Å².